The van der Waals surface area contributed by atoms with Crippen molar-refractivity contribution in [2.24, 2.45) is 11.8 Å². The van der Waals surface area contributed by atoms with Crippen molar-refractivity contribution in [2.45, 2.75) is 31.6 Å². The Kier molecular flexibility index (Phi) is 3.27. The molecule has 0 radical (unpaired) electrons. The number of carbonyl (C=O) groups excluding carboxylic acids is 2. The van der Waals surface area contributed by atoms with E-state index in [1.165, 1.54) is 4.90 Å². The van der Waals surface area contributed by atoms with E-state index in [2.05, 4.69) is 0 Å². The molecule has 1 saturated carbocycles. The van der Waals surface area contributed by atoms with Crippen molar-refractivity contribution >= 4 is 11.8 Å². The third-order valence-corrected chi connectivity index (χ3v) is 5.02. The van der Waals surface area contributed by atoms with E-state index in [1.54, 1.807) is 0 Å². The monoisotopic (exact) mass is 301 g/mol. The van der Waals surface area contributed by atoms with E-state index in [0.717, 1.165) is 5.56 Å². The number of rotatable bonds is 2. The molecule has 0 N–H and O–H groups in total. The van der Waals surface area contributed by atoms with Gasteiger partial charge in [0.1, 0.15) is 0 Å². The number of hydrogen-bond donors (Lipinski definition) is 0. The predicted molar refractivity (Wildman–Crippen MR) is 77.5 cm³/mol. The zero-order valence-electron chi connectivity index (χ0n) is 12.4. The third kappa shape index (κ3) is 2.16. The number of ether oxygens (including phenoxy) is 2. The van der Waals surface area contributed by atoms with Gasteiger partial charge in [-0.2, -0.15) is 0 Å². The average Bonchev–Trinajstić information content (AvgIpc) is 3.08. The highest BCUT2D eigenvalue weighted by Crippen LogP contribution is 2.46. The van der Waals surface area contributed by atoms with Gasteiger partial charge in [-0.15, -0.1) is 0 Å². The highest BCUT2D eigenvalue weighted by atomic mass is 16.7. The Bertz CT molecular complexity index is 594. The second-order valence-electron chi connectivity index (χ2n) is 6.31. The molecule has 2 atom stereocenters. The molecular weight excluding hydrogens is 282 g/mol. The molecule has 0 aromatic heterocycles. The smallest absolute Gasteiger partial charge is 0.233 e. The van der Waals surface area contributed by atoms with E-state index in [4.69, 9.17) is 9.47 Å². The first-order valence-electron chi connectivity index (χ1n) is 7.86. The van der Waals surface area contributed by atoms with Gasteiger partial charge in [-0.3, -0.25) is 14.5 Å². The van der Waals surface area contributed by atoms with Gasteiger partial charge in [0.25, 0.3) is 0 Å². The van der Waals surface area contributed by atoms with Crippen LogP contribution in [0.15, 0.2) is 30.3 Å². The number of benzene rings is 1. The zero-order chi connectivity index (χ0) is 15.2. The molecule has 2 amide bonds. The molecule has 5 nitrogen and oxygen atoms in total. The molecule has 1 aromatic rings. The fourth-order valence-corrected chi connectivity index (χ4v) is 3.90. The van der Waals surface area contributed by atoms with E-state index in [1.807, 2.05) is 30.3 Å². The van der Waals surface area contributed by atoms with E-state index in [9.17, 15) is 9.59 Å². The van der Waals surface area contributed by atoms with Gasteiger partial charge in [-0.25, -0.2) is 0 Å². The number of likely N-dealkylation sites (tertiary alicyclic amines) is 1. The summed E-state index contributed by atoms with van der Waals surface area (Å²) in [5, 5.41) is 0. The molecule has 3 aliphatic rings. The van der Waals surface area contributed by atoms with Crippen molar-refractivity contribution in [3.8, 4) is 0 Å². The molecule has 1 aromatic carbocycles. The van der Waals surface area contributed by atoms with Crippen LogP contribution in [0.4, 0.5) is 0 Å². The molecule has 4 rings (SSSR count). The number of nitrogens with zero attached hydrogens (tertiary/aromatic N) is 1. The van der Waals surface area contributed by atoms with Crippen molar-refractivity contribution in [2.75, 3.05) is 13.2 Å². The lowest BCUT2D eigenvalue weighted by atomic mass is 9.77. The molecule has 1 aliphatic carbocycles. The summed E-state index contributed by atoms with van der Waals surface area (Å²) in [7, 11) is 0. The minimum atomic E-state index is -0.625. The van der Waals surface area contributed by atoms with Crippen LogP contribution >= 0.6 is 0 Å². The van der Waals surface area contributed by atoms with Crippen molar-refractivity contribution in [3.63, 3.8) is 0 Å². The largest absolute Gasteiger partial charge is 0.348 e. The predicted octanol–water partition coefficient (Wildman–Crippen LogP) is 1.71. The zero-order valence-corrected chi connectivity index (χ0v) is 12.4. The van der Waals surface area contributed by atoms with E-state index in [-0.39, 0.29) is 23.7 Å². The summed E-state index contributed by atoms with van der Waals surface area (Å²) in [6, 6.07) is 9.64. The van der Waals surface area contributed by atoms with Gasteiger partial charge >= 0.3 is 0 Å². The molecule has 0 bridgehead atoms. The fraction of sp³-hybridized carbons (Fsp3) is 0.529. The van der Waals surface area contributed by atoms with Crippen LogP contribution in [0.5, 0.6) is 0 Å². The van der Waals surface area contributed by atoms with Gasteiger partial charge in [0.15, 0.2) is 5.79 Å². The maximum absolute atomic E-state index is 12.7. The summed E-state index contributed by atoms with van der Waals surface area (Å²) >= 11 is 0. The van der Waals surface area contributed by atoms with Crippen molar-refractivity contribution < 1.29 is 19.1 Å². The normalized spacial score (nSPS) is 30.1. The second kappa shape index (κ2) is 5.18. The van der Waals surface area contributed by atoms with Gasteiger partial charge in [-0.1, -0.05) is 30.3 Å². The molecular formula is C17H19NO4. The molecule has 1 spiro atoms. The first kappa shape index (κ1) is 13.9. The Morgan fingerprint density at radius 2 is 1.73 bits per heavy atom. The number of amides is 2. The highest BCUT2D eigenvalue weighted by Gasteiger charge is 2.55. The number of hydrogen-bond acceptors (Lipinski definition) is 4. The molecule has 0 unspecified atom stereocenters. The highest BCUT2D eigenvalue weighted by molar-refractivity contribution is 6.05. The van der Waals surface area contributed by atoms with E-state index < -0.39 is 5.79 Å². The summed E-state index contributed by atoms with van der Waals surface area (Å²) in [6.45, 7) is 1.51. The van der Waals surface area contributed by atoms with Crippen LogP contribution in [0.1, 0.15) is 24.8 Å². The van der Waals surface area contributed by atoms with Crippen molar-refractivity contribution in [1.82, 2.24) is 4.90 Å². The van der Waals surface area contributed by atoms with Crippen LogP contribution in [0, 0.1) is 11.8 Å². The lowest BCUT2D eigenvalue weighted by Crippen LogP contribution is -2.41. The van der Waals surface area contributed by atoms with Crippen LogP contribution in [0.2, 0.25) is 0 Å². The van der Waals surface area contributed by atoms with Gasteiger partial charge in [0, 0.05) is 12.8 Å². The first-order valence-corrected chi connectivity index (χ1v) is 7.86. The molecule has 116 valence electrons. The molecule has 2 heterocycles. The maximum Gasteiger partial charge on any atom is 0.233 e. The second-order valence-corrected chi connectivity index (χ2v) is 6.31. The Labute approximate surface area is 129 Å². The van der Waals surface area contributed by atoms with Crippen LogP contribution in [-0.4, -0.2) is 35.7 Å². The lowest BCUT2D eigenvalue weighted by molar-refractivity contribution is -0.193. The summed E-state index contributed by atoms with van der Waals surface area (Å²) < 4.78 is 11.4. The summed E-state index contributed by atoms with van der Waals surface area (Å²) in [5.74, 6) is -1.22. The first-order chi connectivity index (χ1) is 10.7. The standard InChI is InChI=1S/C17H19NO4/c19-15-13-6-7-17(21-8-9-22-17)10-14(13)16(20)18(15)11-12-4-2-1-3-5-12/h1-5,13-14H,6-11H2/t13-,14+/m1/s1. The minimum Gasteiger partial charge on any atom is -0.348 e. The molecule has 2 aliphatic heterocycles. The van der Waals surface area contributed by atoms with E-state index >= 15 is 0 Å². The molecule has 3 fully saturated rings. The Morgan fingerprint density at radius 3 is 2.45 bits per heavy atom. The average molecular weight is 301 g/mol. The van der Waals surface area contributed by atoms with Crippen LogP contribution < -0.4 is 0 Å². The Balaban J connectivity index is 1.54. The maximum atomic E-state index is 12.7. The number of carbonyl (C=O) groups is 2. The topological polar surface area (TPSA) is 55.8 Å². The Morgan fingerprint density at radius 1 is 1.05 bits per heavy atom. The lowest BCUT2D eigenvalue weighted by Gasteiger charge is -2.35. The third-order valence-electron chi connectivity index (χ3n) is 5.02. The molecule has 22 heavy (non-hydrogen) atoms. The van der Waals surface area contributed by atoms with Crippen molar-refractivity contribution in [3.05, 3.63) is 35.9 Å². The van der Waals surface area contributed by atoms with Gasteiger partial charge in [-0.05, 0) is 12.0 Å². The minimum absolute atomic E-state index is 0.0355. The molecule has 2 saturated heterocycles. The van der Waals surface area contributed by atoms with Gasteiger partial charge in [0.05, 0.1) is 31.6 Å². The quantitative estimate of drug-likeness (QED) is 0.780. The number of fused-ring (bicyclic) bond motifs is 1. The SMILES string of the molecule is O=C1[C@H]2CC3(CC[C@H]2C(=O)N1Cc1ccccc1)OCCO3. The van der Waals surface area contributed by atoms with Crippen LogP contribution in [0.3, 0.4) is 0 Å². The fourth-order valence-electron chi connectivity index (χ4n) is 3.90. The van der Waals surface area contributed by atoms with Gasteiger partial charge < -0.3 is 9.47 Å². The summed E-state index contributed by atoms with van der Waals surface area (Å²) in [5.41, 5.74) is 0.978. The van der Waals surface area contributed by atoms with Gasteiger partial charge in [0.2, 0.25) is 11.8 Å². The van der Waals surface area contributed by atoms with Crippen LogP contribution in [0.25, 0.3) is 0 Å². The summed E-state index contributed by atoms with van der Waals surface area (Å²) in [4.78, 5) is 26.7. The van der Waals surface area contributed by atoms with Crippen LogP contribution in [-0.2, 0) is 25.6 Å². The Hall–Kier alpha value is -1.72. The number of imide groups is 1. The van der Waals surface area contributed by atoms with E-state index in [0.29, 0.717) is 39.0 Å². The molecule has 5 heteroatoms. The summed E-state index contributed by atoms with van der Waals surface area (Å²) in [6.07, 6.45) is 1.88. The van der Waals surface area contributed by atoms with Crippen molar-refractivity contribution in [1.29, 1.82) is 0 Å².